The van der Waals surface area contributed by atoms with Crippen molar-refractivity contribution >= 4 is 23.4 Å². The van der Waals surface area contributed by atoms with Crippen LogP contribution in [-0.2, 0) is 6.54 Å². The van der Waals surface area contributed by atoms with E-state index in [1.54, 1.807) is 0 Å². The topological polar surface area (TPSA) is 50.1 Å². The second-order valence-electron chi connectivity index (χ2n) is 8.13. The molecule has 4 rings (SSSR count). The third-order valence-corrected chi connectivity index (χ3v) is 5.94. The molecular weight excluding hydrogens is 360 g/mol. The van der Waals surface area contributed by atoms with E-state index in [-0.39, 0.29) is 6.04 Å². The van der Waals surface area contributed by atoms with Gasteiger partial charge >= 0.3 is 0 Å². The first-order valence-corrected chi connectivity index (χ1v) is 10.5. The predicted molar refractivity (Wildman–Crippen MR) is 110 cm³/mol. The Hall–Kier alpha value is -1.82. The number of anilines is 2. The lowest BCUT2D eigenvalue weighted by molar-refractivity contribution is 0.481. The number of nitrogens with zero attached hydrogens (tertiary/aromatic N) is 6. The van der Waals surface area contributed by atoms with Crippen LogP contribution < -0.4 is 9.80 Å². The number of hydrogen-bond acceptors (Lipinski definition) is 5. The highest BCUT2D eigenvalue weighted by molar-refractivity contribution is 6.30. The van der Waals surface area contributed by atoms with Crippen LogP contribution in [0.15, 0.2) is 12.3 Å². The molecule has 0 aliphatic carbocycles. The maximum Gasteiger partial charge on any atom is 0.227 e. The van der Waals surface area contributed by atoms with Crippen molar-refractivity contribution in [2.24, 2.45) is 5.92 Å². The largest absolute Gasteiger partial charge is 0.349 e. The Morgan fingerprint density at radius 2 is 1.96 bits per heavy atom. The maximum atomic E-state index is 6.77. The van der Waals surface area contributed by atoms with Crippen LogP contribution in [0.4, 0.5) is 11.8 Å². The van der Waals surface area contributed by atoms with Crippen LogP contribution >= 0.6 is 11.6 Å². The number of aromatic nitrogens is 4. The number of halogens is 1. The summed E-state index contributed by atoms with van der Waals surface area (Å²) in [5.74, 6) is 2.37. The monoisotopic (exact) mass is 388 g/mol. The molecule has 2 aliphatic heterocycles. The highest BCUT2D eigenvalue weighted by Gasteiger charge is 2.33. The second-order valence-corrected chi connectivity index (χ2v) is 8.48. The molecule has 2 aromatic rings. The average Bonchev–Trinajstić information content (AvgIpc) is 3.37. The van der Waals surface area contributed by atoms with Gasteiger partial charge in [-0.1, -0.05) is 25.4 Å². The first-order chi connectivity index (χ1) is 13.0. The van der Waals surface area contributed by atoms with Crippen molar-refractivity contribution < 1.29 is 0 Å². The number of hydrogen-bond donors (Lipinski definition) is 0. The van der Waals surface area contributed by atoms with Gasteiger partial charge in [-0.15, -0.1) is 0 Å². The van der Waals surface area contributed by atoms with Crippen LogP contribution in [0.25, 0.3) is 0 Å². The minimum Gasteiger partial charge on any atom is -0.349 e. The molecule has 146 valence electrons. The molecule has 6 nitrogen and oxygen atoms in total. The quantitative estimate of drug-likeness (QED) is 0.767. The van der Waals surface area contributed by atoms with Gasteiger partial charge in [-0.05, 0) is 44.6 Å². The van der Waals surface area contributed by atoms with Gasteiger partial charge in [-0.25, -0.2) is 4.98 Å². The Morgan fingerprint density at radius 3 is 2.70 bits per heavy atom. The fraction of sp³-hybridized carbons (Fsp3) is 0.650. The summed E-state index contributed by atoms with van der Waals surface area (Å²) in [5.41, 5.74) is 2.20. The SMILES string of the molecule is Cc1nn(CC(C)C)c(Cl)c1C1CCCN1c1ccnc(N2CCCC2)n1. The standard InChI is InChI=1S/C20H29ClN6/c1-14(2)13-27-19(21)18(15(3)24-27)16-7-6-12-26(16)17-8-9-22-20(23-17)25-10-4-5-11-25/h8-9,14,16H,4-7,10-13H2,1-3H3. The normalized spacial score (nSPS) is 20.3. The lowest BCUT2D eigenvalue weighted by Crippen LogP contribution is -2.26. The van der Waals surface area contributed by atoms with E-state index in [0.29, 0.717) is 5.92 Å². The average molecular weight is 389 g/mol. The molecule has 1 atom stereocenters. The van der Waals surface area contributed by atoms with Gasteiger partial charge in [-0.3, -0.25) is 4.68 Å². The lowest BCUT2D eigenvalue weighted by atomic mass is 10.1. The zero-order valence-electron chi connectivity index (χ0n) is 16.5. The van der Waals surface area contributed by atoms with Crippen LogP contribution in [0.5, 0.6) is 0 Å². The molecule has 1 unspecified atom stereocenters. The van der Waals surface area contributed by atoms with Gasteiger partial charge in [0.1, 0.15) is 11.0 Å². The molecule has 2 fully saturated rings. The van der Waals surface area contributed by atoms with Gasteiger partial charge < -0.3 is 9.80 Å². The molecule has 0 saturated carbocycles. The Labute approximate surface area is 166 Å². The Balaban J connectivity index is 1.63. The molecule has 2 saturated heterocycles. The van der Waals surface area contributed by atoms with Crippen LogP contribution in [-0.4, -0.2) is 39.4 Å². The minimum absolute atomic E-state index is 0.236. The third-order valence-electron chi connectivity index (χ3n) is 5.54. The van der Waals surface area contributed by atoms with Crippen molar-refractivity contribution in [3.05, 3.63) is 28.7 Å². The second kappa shape index (κ2) is 7.66. The molecule has 7 heteroatoms. The van der Waals surface area contributed by atoms with Crippen LogP contribution in [0.2, 0.25) is 5.15 Å². The Bertz CT molecular complexity index is 796. The third kappa shape index (κ3) is 3.64. The van der Waals surface area contributed by atoms with Crippen molar-refractivity contribution in [1.29, 1.82) is 0 Å². The molecule has 2 aliphatic rings. The van der Waals surface area contributed by atoms with Crippen LogP contribution in [0, 0.1) is 12.8 Å². The van der Waals surface area contributed by atoms with Gasteiger partial charge in [0.25, 0.3) is 0 Å². The zero-order valence-corrected chi connectivity index (χ0v) is 17.3. The van der Waals surface area contributed by atoms with E-state index in [9.17, 15) is 0 Å². The van der Waals surface area contributed by atoms with Gasteiger partial charge in [-0.2, -0.15) is 10.1 Å². The molecule has 0 aromatic carbocycles. The first-order valence-electron chi connectivity index (χ1n) is 10.1. The molecule has 0 N–H and O–H groups in total. The van der Waals surface area contributed by atoms with E-state index in [1.165, 1.54) is 12.8 Å². The molecule has 2 aromatic heterocycles. The van der Waals surface area contributed by atoms with Gasteiger partial charge in [0.05, 0.1) is 11.7 Å². The molecular formula is C20H29ClN6. The molecule has 0 radical (unpaired) electrons. The van der Waals surface area contributed by atoms with E-state index in [1.807, 2.05) is 16.9 Å². The van der Waals surface area contributed by atoms with Crippen molar-refractivity contribution in [2.45, 2.75) is 59.0 Å². The van der Waals surface area contributed by atoms with Gasteiger partial charge in [0.15, 0.2) is 0 Å². The number of rotatable bonds is 5. The number of aryl methyl sites for hydroxylation is 1. The first kappa shape index (κ1) is 18.5. The summed E-state index contributed by atoms with van der Waals surface area (Å²) in [6.07, 6.45) is 6.56. The Kier molecular flexibility index (Phi) is 5.26. The summed E-state index contributed by atoms with van der Waals surface area (Å²) in [6, 6.07) is 2.26. The fourth-order valence-electron chi connectivity index (χ4n) is 4.32. The van der Waals surface area contributed by atoms with E-state index >= 15 is 0 Å². The van der Waals surface area contributed by atoms with Gasteiger partial charge in [0.2, 0.25) is 5.95 Å². The molecule has 0 amide bonds. The van der Waals surface area contributed by atoms with E-state index < -0.39 is 0 Å². The Morgan fingerprint density at radius 1 is 1.19 bits per heavy atom. The summed E-state index contributed by atoms with van der Waals surface area (Å²) < 4.78 is 1.96. The summed E-state index contributed by atoms with van der Waals surface area (Å²) in [5, 5.41) is 5.50. The molecule has 27 heavy (non-hydrogen) atoms. The van der Waals surface area contributed by atoms with E-state index in [4.69, 9.17) is 21.7 Å². The van der Waals surface area contributed by atoms with Crippen LogP contribution in [0.1, 0.15) is 56.8 Å². The van der Waals surface area contributed by atoms with Crippen molar-refractivity contribution in [3.63, 3.8) is 0 Å². The van der Waals surface area contributed by atoms with Gasteiger partial charge in [0, 0.05) is 37.9 Å². The summed E-state index contributed by atoms with van der Waals surface area (Å²) in [4.78, 5) is 14.1. The smallest absolute Gasteiger partial charge is 0.227 e. The molecule has 0 bridgehead atoms. The van der Waals surface area contributed by atoms with E-state index in [0.717, 1.165) is 67.2 Å². The summed E-state index contributed by atoms with van der Waals surface area (Å²) >= 11 is 6.77. The van der Waals surface area contributed by atoms with Crippen molar-refractivity contribution in [2.75, 3.05) is 29.4 Å². The molecule has 0 spiro atoms. The predicted octanol–water partition coefficient (Wildman–Crippen LogP) is 4.23. The highest BCUT2D eigenvalue weighted by atomic mass is 35.5. The van der Waals surface area contributed by atoms with Crippen molar-refractivity contribution in [3.8, 4) is 0 Å². The minimum atomic E-state index is 0.236. The summed E-state index contributed by atoms with van der Waals surface area (Å²) in [6.45, 7) is 10.4. The summed E-state index contributed by atoms with van der Waals surface area (Å²) in [7, 11) is 0. The molecule has 4 heterocycles. The zero-order chi connectivity index (χ0) is 19.0. The van der Waals surface area contributed by atoms with E-state index in [2.05, 4.69) is 35.6 Å². The maximum absolute atomic E-state index is 6.77. The van der Waals surface area contributed by atoms with Crippen molar-refractivity contribution in [1.82, 2.24) is 19.7 Å². The fourth-order valence-corrected chi connectivity index (χ4v) is 4.69. The highest BCUT2D eigenvalue weighted by Crippen LogP contribution is 2.40. The van der Waals surface area contributed by atoms with Crippen LogP contribution in [0.3, 0.4) is 0 Å². The lowest BCUT2D eigenvalue weighted by Gasteiger charge is -2.27.